The van der Waals surface area contributed by atoms with E-state index >= 15 is 0 Å². The van der Waals surface area contributed by atoms with Gasteiger partial charge in [0.15, 0.2) is 11.6 Å². The molecule has 0 atom stereocenters. The molecule has 128 valence electrons. The molecule has 0 fully saturated rings. The van der Waals surface area contributed by atoms with Gasteiger partial charge in [0, 0.05) is 12.1 Å². The minimum atomic E-state index is -4.43. The summed E-state index contributed by atoms with van der Waals surface area (Å²) in [5, 5.41) is 2.56. The third kappa shape index (κ3) is 4.97. The van der Waals surface area contributed by atoms with Crippen LogP contribution in [0.3, 0.4) is 0 Å². The molecule has 0 saturated carbocycles. The van der Waals surface area contributed by atoms with Crippen molar-refractivity contribution in [3.05, 3.63) is 65.5 Å². The van der Waals surface area contributed by atoms with Gasteiger partial charge >= 0.3 is 6.18 Å². The molecule has 0 bridgehead atoms. The van der Waals surface area contributed by atoms with Crippen LogP contribution in [0.5, 0.6) is 5.75 Å². The molecular formula is C17H15F4NO2. The number of benzene rings is 2. The lowest BCUT2D eigenvalue weighted by molar-refractivity contribution is -0.137. The van der Waals surface area contributed by atoms with Crippen molar-refractivity contribution < 1.29 is 27.1 Å². The van der Waals surface area contributed by atoms with E-state index in [0.29, 0.717) is 6.42 Å². The number of hydrogen-bond donors (Lipinski definition) is 1. The zero-order chi connectivity index (χ0) is 17.6. The van der Waals surface area contributed by atoms with Crippen LogP contribution >= 0.6 is 0 Å². The molecule has 2 rings (SSSR count). The first kappa shape index (κ1) is 17.8. The van der Waals surface area contributed by atoms with Crippen LogP contribution in [0.4, 0.5) is 17.6 Å². The standard InChI is InChI=1S/C17H15F4NO2/c18-14-4-1-2-5-15(14)24-11-3-10-22-16(23)12-6-8-13(9-7-12)17(19,20)21/h1-2,4-9H,3,10-11H2,(H,22,23). The Morgan fingerprint density at radius 3 is 2.33 bits per heavy atom. The number of amides is 1. The lowest BCUT2D eigenvalue weighted by Gasteiger charge is -2.09. The van der Waals surface area contributed by atoms with Crippen molar-refractivity contribution in [2.24, 2.45) is 0 Å². The van der Waals surface area contributed by atoms with Crippen LogP contribution in [-0.4, -0.2) is 19.1 Å². The highest BCUT2D eigenvalue weighted by Gasteiger charge is 2.30. The third-order valence-corrected chi connectivity index (χ3v) is 3.18. The number of carbonyl (C=O) groups is 1. The minimum absolute atomic E-state index is 0.131. The van der Waals surface area contributed by atoms with Crippen molar-refractivity contribution in [2.75, 3.05) is 13.2 Å². The highest BCUT2D eigenvalue weighted by Crippen LogP contribution is 2.29. The number of halogens is 4. The third-order valence-electron chi connectivity index (χ3n) is 3.18. The summed E-state index contributed by atoms with van der Waals surface area (Å²) in [5.41, 5.74) is -0.671. The lowest BCUT2D eigenvalue weighted by Crippen LogP contribution is -2.25. The van der Waals surface area contributed by atoms with E-state index in [2.05, 4.69) is 5.32 Å². The van der Waals surface area contributed by atoms with E-state index in [1.54, 1.807) is 12.1 Å². The highest BCUT2D eigenvalue weighted by molar-refractivity contribution is 5.94. The van der Waals surface area contributed by atoms with Gasteiger partial charge in [0.2, 0.25) is 0 Å². The molecule has 0 radical (unpaired) electrons. The van der Waals surface area contributed by atoms with Crippen molar-refractivity contribution in [3.8, 4) is 5.75 Å². The van der Waals surface area contributed by atoms with Crippen molar-refractivity contribution in [3.63, 3.8) is 0 Å². The average Bonchev–Trinajstić information content (AvgIpc) is 2.55. The molecule has 0 aromatic heterocycles. The second-order valence-corrected chi connectivity index (χ2v) is 4.96. The second kappa shape index (κ2) is 7.81. The molecule has 7 heteroatoms. The van der Waals surface area contributed by atoms with Gasteiger partial charge in [-0.05, 0) is 42.8 Å². The van der Waals surface area contributed by atoms with Gasteiger partial charge < -0.3 is 10.1 Å². The van der Waals surface area contributed by atoms with Gasteiger partial charge in [0.1, 0.15) is 0 Å². The first-order valence-electron chi connectivity index (χ1n) is 7.21. The van der Waals surface area contributed by atoms with Gasteiger partial charge in [-0.25, -0.2) is 4.39 Å². The van der Waals surface area contributed by atoms with Gasteiger partial charge in [0.05, 0.1) is 12.2 Å². The molecule has 0 unspecified atom stereocenters. The molecule has 2 aromatic rings. The molecule has 0 saturated heterocycles. The van der Waals surface area contributed by atoms with E-state index in [-0.39, 0.29) is 24.5 Å². The first-order valence-corrected chi connectivity index (χ1v) is 7.21. The molecule has 0 aliphatic rings. The van der Waals surface area contributed by atoms with E-state index in [1.807, 2.05) is 0 Å². The number of para-hydroxylation sites is 1. The largest absolute Gasteiger partial charge is 0.490 e. The monoisotopic (exact) mass is 341 g/mol. The molecule has 3 nitrogen and oxygen atoms in total. The van der Waals surface area contributed by atoms with E-state index in [9.17, 15) is 22.4 Å². The Morgan fingerprint density at radius 2 is 1.71 bits per heavy atom. The van der Waals surface area contributed by atoms with E-state index < -0.39 is 23.5 Å². The summed E-state index contributed by atoms with van der Waals surface area (Å²) >= 11 is 0. The number of rotatable bonds is 6. The van der Waals surface area contributed by atoms with Gasteiger partial charge in [-0.2, -0.15) is 13.2 Å². The van der Waals surface area contributed by atoms with Crippen molar-refractivity contribution in [1.29, 1.82) is 0 Å². The zero-order valence-electron chi connectivity index (χ0n) is 12.6. The predicted octanol–water partition coefficient (Wildman–Crippen LogP) is 4.04. The first-order chi connectivity index (χ1) is 11.4. The van der Waals surface area contributed by atoms with E-state index in [1.165, 1.54) is 12.1 Å². The molecule has 24 heavy (non-hydrogen) atoms. The van der Waals surface area contributed by atoms with Gasteiger partial charge in [-0.1, -0.05) is 12.1 Å². The van der Waals surface area contributed by atoms with Crippen molar-refractivity contribution in [1.82, 2.24) is 5.32 Å². The summed E-state index contributed by atoms with van der Waals surface area (Å²) in [4.78, 5) is 11.8. The maximum atomic E-state index is 13.3. The van der Waals surface area contributed by atoms with Gasteiger partial charge in [0.25, 0.3) is 5.91 Å². The SMILES string of the molecule is O=C(NCCCOc1ccccc1F)c1ccc(C(F)(F)F)cc1. The molecule has 1 N–H and O–H groups in total. The topological polar surface area (TPSA) is 38.3 Å². The Labute approximate surface area is 136 Å². The average molecular weight is 341 g/mol. The smallest absolute Gasteiger partial charge is 0.416 e. The number of carbonyl (C=O) groups excluding carboxylic acids is 1. The maximum Gasteiger partial charge on any atom is 0.416 e. The van der Waals surface area contributed by atoms with Crippen molar-refractivity contribution >= 4 is 5.91 Å². The Bertz CT molecular complexity index is 684. The van der Waals surface area contributed by atoms with Crippen LogP contribution in [0.25, 0.3) is 0 Å². The summed E-state index contributed by atoms with van der Waals surface area (Å²) in [6.45, 7) is 0.461. The minimum Gasteiger partial charge on any atom is -0.490 e. The molecule has 0 spiro atoms. The van der Waals surface area contributed by atoms with Crippen molar-refractivity contribution in [2.45, 2.75) is 12.6 Å². The van der Waals surface area contributed by atoms with Crippen LogP contribution in [0.2, 0.25) is 0 Å². The molecule has 2 aromatic carbocycles. The number of hydrogen-bond acceptors (Lipinski definition) is 2. The summed E-state index contributed by atoms with van der Waals surface area (Å²) in [6.07, 6.45) is -4.00. The summed E-state index contributed by atoms with van der Waals surface area (Å²) < 4.78 is 55.8. The number of alkyl halides is 3. The van der Waals surface area contributed by atoms with Crippen LogP contribution in [0, 0.1) is 5.82 Å². The Kier molecular flexibility index (Phi) is 5.78. The fraction of sp³-hybridized carbons (Fsp3) is 0.235. The number of nitrogens with one attached hydrogen (secondary N) is 1. The normalized spacial score (nSPS) is 11.2. The molecule has 0 aliphatic heterocycles. The fourth-order valence-electron chi connectivity index (χ4n) is 1.93. The second-order valence-electron chi connectivity index (χ2n) is 4.96. The number of ether oxygens (including phenoxy) is 1. The Morgan fingerprint density at radius 1 is 1.04 bits per heavy atom. The highest BCUT2D eigenvalue weighted by atomic mass is 19.4. The summed E-state index contributed by atoms with van der Waals surface area (Å²) in [5.74, 6) is -0.813. The predicted molar refractivity (Wildman–Crippen MR) is 80.3 cm³/mol. The van der Waals surface area contributed by atoms with E-state index in [4.69, 9.17) is 4.74 Å². The quantitative estimate of drug-likeness (QED) is 0.636. The Hall–Kier alpha value is -2.57. The lowest BCUT2D eigenvalue weighted by atomic mass is 10.1. The van der Waals surface area contributed by atoms with Crippen LogP contribution in [-0.2, 0) is 6.18 Å². The maximum absolute atomic E-state index is 13.3. The van der Waals surface area contributed by atoms with E-state index in [0.717, 1.165) is 24.3 Å². The molecule has 1 amide bonds. The summed E-state index contributed by atoms with van der Waals surface area (Å²) in [7, 11) is 0. The van der Waals surface area contributed by atoms with Gasteiger partial charge in [-0.3, -0.25) is 4.79 Å². The Balaban J connectivity index is 1.74. The van der Waals surface area contributed by atoms with Gasteiger partial charge in [-0.15, -0.1) is 0 Å². The molecule has 0 heterocycles. The van der Waals surface area contributed by atoms with Crippen LogP contribution in [0.15, 0.2) is 48.5 Å². The summed E-state index contributed by atoms with van der Waals surface area (Å²) in [6, 6.07) is 9.92. The zero-order valence-corrected chi connectivity index (χ0v) is 12.6. The van der Waals surface area contributed by atoms with Crippen LogP contribution in [0.1, 0.15) is 22.3 Å². The van der Waals surface area contributed by atoms with Crippen LogP contribution < -0.4 is 10.1 Å². The molecular weight excluding hydrogens is 326 g/mol. The molecule has 0 aliphatic carbocycles. The fourth-order valence-corrected chi connectivity index (χ4v) is 1.93.